The number of hydrogen-bond acceptors (Lipinski definition) is 5. The Bertz CT molecular complexity index is 1180. The van der Waals surface area contributed by atoms with Gasteiger partial charge in [-0.05, 0) is 59.8 Å². The smallest absolute Gasteiger partial charge is 0.325 e. The molecule has 9 heteroatoms. The molecule has 34 heavy (non-hydrogen) atoms. The Balaban J connectivity index is 1.64. The van der Waals surface area contributed by atoms with Gasteiger partial charge >= 0.3 is 6.03 Å². The maximum atomic E-state index is 13.7. The van der Waals surface area contributed by atoms with Gasteiger partial charge in [-0.3, -0.25) is 14.9 Å². The number of nitrogens with zero attached hydrogens (tertiary/aromatic N) is 2. The van der Waals surface area contributed by atoms with E-state index in [1.165, 1.54) is 29.2 Å². The van der Waals surface area contributed by atoms with E-state index < -0.39 is 29.2 Å². The summed E-state index contributed by atoms with van der Waals surface area (Å²) in [4.78, 5) is 43.6. The lowest BCUT2D eigenvalue weighted by molar-refractivity contribution is -0.131. The summed E-state index contributed by atoms with van der Waals surface area (Å²) in [6, 6.07) is 15.9. The second-order valence-corrected chi connectivity index (χ2v) is 9.31. The van der Waals surface area contributed by atoms with Gasteiger partial charge in [0, 0.05) is 36.9 Å². The molecule has 7 nitrogen and oxygen atoms in total. The molecule has 2 aromatic carbocycles. The van der Waals surface area contributed by atoms with Crippen LogP contribution in [0, 0.1) is 5.82 Å². The first kappa shape index (κ1) is 23.4. The van der Waals surface area contributed by atoms with E-state index in [0.29, 0.717) is 17.7 Å². The molecule has 4 rings (SSSR count). The fraction of sp³-hybridized carbons (Fsp3) is 0.240. The van der Waals surface area contributed by atoms with Crippen molar-refractivity contribution in [2.75, 3.05) is 30.9 Å². The summed E-state index contributed by atoms with van der Waals surface area (Å²) in [5, 5.41) is 7.12. The molecule has 1 unspecified atom stereocenters. The fourth-order valence-electron chi connectivity index (χ4n) is 4.10. The number of anilines is 2. The van der Waals surface area contributed by atoms with E-state index in [1.54, 1.807) is 23.5 Å². The number of imide groups is 1. The Morgan fingerprint density at radius 1 is 1.09 bits per heavy atom. The molecule has 1 aliphatic heterocycles. The molecule has 0 saturated carbocycles. The van der Waals surface area contributed by atoms with Crippen LogP contribution in [0.4, 0.5) is 20.6 Å². The fourth-order valence-corrected chi connectivity index (χ4v) is 4.80. The molecule has 3 aromatic rings. The lowest BCUT2D eigenvalue weighted by Gasteiger charge is -2.35. The Labute approximate surface area is 201 Å². The minimum absolute atomic E-state index is 0.222. The van der Waals surface area contributed by atoms with E-state index in [-0.39, 0.29) is 13.0 Å². The Kier molecular flexibility index (Phi) is 6.65. The van der Waals surface area contributed by atoms with Gasteiger partial charge in [-0.1, -0.05) is 18.2 Å². The van der Waals surface area contributed by atoms with Gasteiger partial charge in [0.15, 0.2) is 5.54 Å². The molecule has 1 saturated heterocycles. The van der Waals surface area contributed by atoms with Crippen molar-refractivity contribution in [2.24, 2.45) is 0 Å². The van der Waals surface area contributed by atoms with Crippen molar-refractivity contribution >= 4 is 40.6 Å². The van der Waals surface area contributed by atoms with Crippen LogP contribution in [0.15, 0.2) is 66.0 Å². The van der Waals surface area contributed by atoms with Crippen LogP contribution in [0.5, 0.6) is 0 Å². The SMILES string of the molecule is CN(C)c1ccc(NC(=O)CC2(c3ccc(F)cc3)C(=O)NC(=O)N2CCc2cccs2)cc1. The first-order chi connectivity index (χ1) is 16.3. The molecule has 2 heterocycles. The van der Waals surface area contributed by atoms with Crippen molar-refractivity contribution in [3.63, 3.8) is 0 Å². The van der Waals surface area contributed by atoms with Crippen molar-refractivity contribution in [2.45, 2.75) is 18.4 Å². The topological polar surface area (TPSA) is 81.8 Å². The highest BCUT2D eigenvalue weighted by molar-refractivity contribution is 7.09. The van der Waals surface area contributed by atoms with Gasteiger partial charge in [0.25, 0.3) is 5.91 Å². The number of benzene rings is 2. The minimum Gasteiger partial charge on any atom is -0.378 e. The Hall–Kier alpha value is -3.72. The third kappa shape index (κ3) is 4.65. The predicted octanol–water partition coefficient (Wildman–Crippen LogP) is 3.97. The Morgan fingerprint density at radius 2 is 1.79 bits per heavy atom. The van der Waals surface area contributed by atoms with Gasteiger partial charge in [-0.2, -0.15) is 0 Å². The average Bonchev–Trinajstić information content (AvgIpc) is 3.40. The molecule has 0 spiro atoms. The van der Waals surface area contributed by atoms with E-state index in [2.05, 4.69) is 10.6 Å². The van der Waals surface area contributed by atoms with E-state index in [1.807, 2.05) is 48.6 Å². The maximum absolute atomic E-state index is 13.7. The van der Waals surface area contributed by atoms with Crippen LogP contribution in [-0.4, -0.2) is 43.4 Å². The van der Waals surface area contributed by atoms with Gasteiger partial charge in [0.05, 0.1) is 6.42 Å². The maximum Gasteiger partial charge on any atom is 0.325 e. The number of thiophene rings is 1. The summed E-state index contributed by atoms with van der Waals surface area (Å²) in [5.41, 5.74) is 0.331. The Morgan fingerprint density at radius 3 is 2.41 bits per heavy atom. The predicted molar refractivity (Wildman–Crippen MR) is 130 cm³/mol. The quantitative estimate of drug-likeness (QED) is 0.478. The van der Waals surface area contributed by atoms with Crippen LogP contribution in [-0.2, 0) is 21.5 Å². The zero-order chi connectivity index (χ0) is 24.3. The third-order valence-electron chi connectivity index (χ3n) is 5.87. The molecule has 1 aliphatic rings. The highest BCUT2D eigenvalue weighted by atomic mass is 32.1. The number of carbonyl (C=O) groups is 3. The normalized spacial score (nSPS) is 17.6. The first-order valence-corrected chi connectivity index (χ1v) is 11.7. The van der Waals surface area contributed by atoms with Gasteiger partial charge in [-0.15, -0.1) is 11.3 Å². The van der Waals surface area contributed by atoms with Crippen molar-refractivity contribution in [3.05, 3.63) is 82.3 Å². The van der Waals surface area contributed by atoms with Crippen LogP contribution in [0.2, 0.25) is 0 Å². The summed E-state index contributed by atoms with van der Waals surface area (Å²) in [6.07, 6.45) is 0.213. The van der Waals surface area contributed by atoms with E-state index in [9.17, 15) is 18.8 Å². The van der Waals surface area contributed by atoms with Gasteiger partial charge in [0.1, 0.15) is 5.82 Å². The van der Waals surface area contributed by atoms with Crippen molar-refractivity contribution in [3.8, 4) is 0 Å². The van der Waals surface area contributed by atoms with Crippen LogP contribution >= 0.6 is 11.3 Å². The van der Waals surface area contributed by atoms with Crippen molar-refractivity contribution in [1.82, 2.24) is 10.2 Å². The van der Waals surface area contributed by atoms with Crippen LogP contribution in [0.25, 0.3) is 0 Å². The zero-order valence-corrected chi connectivity index (χ0v) is 19.7. The molecule has 0 aliphatic carbocycles. The van der Waals surface area contributed by atoms with E-state index in [0.717, 1.165) is 10.6 Å². The number of urea groups is 1. The average molecular weight is 481 g/mol. The van der Waals surface area contributed by atoms with Crippen LogP contribution in [0.3, 0.4) is 0 Å². The third-order valence-corrected chi connectivity index (χ3v) is 6.81. The first-order valence-electron chi connectivity index (χ1n) is 10.8. The van der Waals surface area contributed by atoms with Crippen molar-refractivity contribution < 1.29 is 18.8 Å². The number of carbonyl (C=O) groups excluding carboxylic acids is 3. The lowest BCUT2D eigenvalue weighted by atomic mass is 9.84. The lowest BCUT2D eigenvalue weighted by Crippen LogP contribution is -2.50. The van der Waals surface area contributed by atoms with E-state index >= 15 is 0 Å². The summed E-state index contributed by atoms with van der Waals surface area (Å²) < 4.78 is 13.7. The summed E-state index contributed by atoms with van der Waals surface area (Å²) in [5.74, 6) is -1.51. The number of amides is 4. The molecule has 1 fully saturated rings. The molecule has 1 aromatic heterocycles. The minimum atomic E-state index is -1.59. The number of halogens is 1. The van der Waals surface area contributed by atoms with E-state index in [4.69, 9.17) is 0 Å². The second kappa shape index (κ2) is 9.64. The molecular formula is C25H25FN4O3S. The van der Waals surface area contributed by atoms with Crippen LogP contribution < -0.4 is 15.5 Å². The molecule has 4 amide bonds. The second-order valence-electron chi connectivity index (χ2n) is 8.27. The summed E-state index contributed by atoms with van der Waals surface area (Å²) >= 11 is 1.55. The zero-order valence-electron chi connectivity index (χ0n) is 18.9. The number of hydrogen-bond donors (Lipinski definition) is 2. The highest BCUT2D eigenvalue weighted by Crippen LogP contribution is 2.37. The number of rotatable bonds is 8. The summed E-state index contributed by atoms with van der Waals surface area (Å²) in [7, 11) is 3.83. The van der Waals surface area contributed by atoms with Crippen molar-refractivity contribution in [1.29, 1.82) is 0 Å². The van der Waals surface area contributed by atoms with Gasteiger partial charge in [0.2, 0.25) is 5.91 Å². The standard InChI is InChI=1S/C25H25FN4O3S/c1-29(2)20-11-9-19(10-12-20)27-22(31)16-25(17-5-7-18(26)8-6-17)23(32)28-24(33)30(25)14-13-21-4-3-15-34-21/h3-12,15H,13-14,16H2,1-2H3,(H,27,31)(H,28,32,33). The molecule has 1 atom stereocenters. The van der Waals surface area contributed by atoms with Gasteiger partial charge in [-0.25, -0.2) is 9.18 Å². The monoisotopic (exact) mass is 480 g/mol. The van der Waals surface area contributed by atoms with Crippen LogP contribution in [0.1, 0.15) is 16.9 Å². The number of nitrogens with one attached hydrogen (secondary N) is 2. The molecule has 0 bridgehead atoms. The molecule has 176 valence electrons. The largest absolute Gasteiger partial charge is 0.378 e. The van der Waals surface area contributed by atoms with Gasteiger partial charge < -0.3 is 15.1 Å². The molecule has 2 N–H and O–H groups in total. The summed E-state index contributed by atoms with van der Waals surface area (Å²) in [6.45, 7) is 0.222. The molecule has 0 radical (unpaired) electrons. The highest BCUT2D eigenvalue weighted by Gasteiger charge is 2.55. The molecular weight excluding hydrogens is 455 g/mol.